The third-order valence-corrected chi connectivity index (χ3v) is 5.03. The molecule has 4 rings (SSSR count). The number of amides is 1. The zero-order chi connectivity index (χ0) is 17.4. The molecule has 132 valence electrons. The molecule has 1 aliphatic carbocycles. The second kappa shape index (κ2) is 6.84. The lowest BCUT2D eigenvalue weighted by atomic mass is 10.2. The Kier molecular flexibility index (Phi) is 4.56. The molecule has 1 amide bonds. The molecule has 25 heavy (non-hydrogen) atoms. The number of nitrogens with zero attached hydrogens (tertiary/aromatic N) is 3. The van der Waals surface area contributed by atoms with Crippen LogP contribution in [0.25, 0.3) is 0 Å². The van der Waals surface area contributed by atoms with E-state index in [1.54, 1.807) is 23.1 Å². The molecule has 1 aliphatic heterocycles. The highest BCUT2D eigenvalue weighted by Crippen LogP contribution is 2.39. The van der Waals surface area contributed by atoms with Crippen molar-refractivity contribution in [3.05, 3.63) is 40.0 Å². The van der Waals surface area contributed by atoms with Gasteiger partial charge in [0.1, 0.15) is 11.8 Å². The predicted molar refractivity (Wildman–Crippen MR) is 91.9 cm³/mol. The summed E-state index contributed by atoms with van der Waals surface area (Å²) in [5, 5.41) is 4.94. The summed E-state index contributed by atoms with van der Waals surface area (Å²) >= 11 is 11.9. The number of rotatable bonds is 5. The fraction of sp³-hybridized carbons (Fsp3) is 0.471. The van der Waals surface area contributed by atoms with E-state index in [0.29, 0.717) is 34.1 Å². The largest absolute Gasteiger partial charge is 0.482 e. The first-order valence-corrected chi connectivity index (χ1v) is 9.08. The maximum atomic E-state index is 12.6. The van der Waals surface area contributed by atoms with E-state index >= 15 is 0 Å². The Morgan fingerprint density at radius 1 is 1.32 bits per heavy atom. The van der Waals surface area contributed by atoms with Crippen LogP contribution in [-0.2, 0) is 4.79 Å². The fourth-order valence-electron chi connectivity index (χ4n) is 3.03. The van der Waals surface area contributed by atoms with Gasteiger partial charge in [-0.15, -0.1) is 0 Å². The van der Waals surface area contributed by atoms with Crippen molar-refractivity contribution >= 4 is 29.1 Å². The number of hydrogen-bond acceptors (Lipinski definition) is 5. The van der Waals surface area contributed by atoms with E-state index in [1.165, 1.54) is 0 Å². The van der Waals surface area contributed by atoms with Gasteiger partial charge in [-0.05, 0) is 43.9 Å². The second-order valence-corrected chi connectivity index (χ2v) is 7.22. The number of aromatic nitrogens is 2. The third-order valence-electron chi connectivity index (χ3n) is 4.50. The standard InChI is InChI=1S/C17H17Cl2N3O3/c18-11-5-6-14(12(19)8-11)24-9-15(23)22-7-1-2-13(22)17-20-16(21-25-17)10-3-4-10/h5-6,8,10,13H,1-4,7,9H2. The lowest BCUT2D eigenvalue weighted by Gasteiger charge is -2.22. The van der Waals surface area contributed by atoms with Crippen molar-refractivity contribution in [3.63, 3.8) is 0 Å². The highest BCUT2D eigenvalue weighted by atomic mass is 35.5. The van der Waals surface area contributed by atoms with Crippen LogP contribution < -0.4 is 4.74 Å². The Morgan fingerprint density at radius 2 is 2.16 bits per heavy atom. The minimum absolute atomic E-state index is 0.0958. The quantitative estimate of drug-likeness (QED) is 0.782. The zero-order valence-electron chi connectivity index (χ0n) is 13.5. The molecule has 2 aliphatic rings. The summed E-state index contributed by atoms with van der Waals surface area (Å²) in [7, 11) is 0. The predicted octanol–water partition coefficient (Wildman–Crippen LogP) is 4.00. The van der Waals surface area contributed by atoms with Crippen LogP contribution in [0.3, 0.4) is 0 Å². The van der Waals surface area contributed by atoms with Gasteiger partial charge in [0, 0.05) is 17.5 Å². The summed E-state index contributed by atoms with van der Waals surface area (Å²) < 4.78 is 10.9. The fourth-order valence-corrected chi connectivity index (χ4v) is 3.49. The van der Waals surface area contributed by atoms with E-state index in [0.717, 1.165) is 31.5 Å². The minimum Gasteiger partial charge on any atom is -0.482 e. The Labute approximate surface area is 155 Å². The molecular weight excluding hydrogens is 365 g/mol. The van der Waals surface area contributed by atoms with Gasteiger partial charge in [0.05, 0.1) is 5.02 Å². The Balaban J connectivity index is 1.41. The maximum Gasteiger partial charge on any atom is 0.261 e. The number of hydrogen-bond donors (Lipinski definition) is 0. The average molecular weight is 382 g/mol. The van der Waals surface area contributed by atoms with Crippen molar-refractivity contribution in [2.75, 3.05) is 13.2 Å². The molecule has 0 radical (unpaired) electrons. The molecule has 1 atom stereocenters. The summed E-state index contributed by atoms with van der Waals surface area (Å²) in [5.74, 6) is 2.03. The van der Waals surface area contributed by atoms with Crippen molar-refractivity contribution < 1.29 is 14.1 Å². The molecule has 0 N–H and O–H groups in total. The molecule has 1 saturated carbocycles. The van der Waals surface area contributed by atoms with Crippen molar-refractivity contribution in [1.82, 2.24) is 15.0 Å². The summed E-state index contributed by atoms with van der Waals surface area (Å²) in [5.41, 5.74) is 0. The summed E-state index contributed by atoms with van der Waals surface area (Å²) in [6.07, 6.45) is 3.95. The Morgan fingerprint density at radius 3 is 2.92 bits per heavy atom. The van der Waals surface area contributed by atoms with Gasteiger partial charge in [0.25, 0.3) is 5.91 Å². The first-order valence-electron chi connectivity index (χ1n) is 8.32. The first kappa shape index (κ1) is 16.7. The van der Waals surface area contributed by atoms with Crippen LogP contribution in [-0.4, -0.2) is 34.1 Å². The van der Waals surface area contributed by atoms with Crippen molar-refractivity contribution in [2.45, 2.75) is 37.6 Å². The van der Waals surface area contributed by atoms with Gasteiger partial charge in [-0.25, -0.2) is 0 Å². The van der Waals surface area contributed by atoms with Gasteiger partial charge in [-0.2, -0.15) is 4.98 Å². The molecular formula is C17H17Cl2N3O3. The molecule has 2 heterocycles. The number of halogens is 2. The lowest BCUT2D eigenvalue weighted by molar-refractivity contribution is -0.134. The van der Waals surface area contributed by atoms with E-state index in [1.807, 2.05) is 0 Å². The number of benzene rings is 1. The molecule has 6 nitrogen and oxygen atoms in total. The summed E-state index contributed by atoms with van der Waals surface area (Å²) in [6, 6.07) is 4.74. The maximum absolute atomic E-state index is 12.6. The van der Waals surface area contributed by atoms with Crippen LogP contribution in [0.4, 0.5) is 0 Å². The molecule has 0 bridgehead atoms. The molecule has 8 heteroatoms. The number of ether oxygens (including phenoxy) is 1. The van der Waals surface area contributed by atoms with Crippen molar-refractivity contribution in [1.29, 1.82) is 0 Å². The number of carbonyl (C=O) groups is 1. The van der Waals surface area contributed by atoms with Crippen LogP contribution in [0, 0.1) is 0 Å². The third kappa shape index (κ3) is 3.60. The van der Waals surface area contributed by atoms with Crippen LogP contribution in [0.1, 0.15) is 49.4 Å². The smallest absolute Gasteiger partial charge is 0.261 e. The lowest BCUT2D eigenvalue weighted by Crippen LogP contribution is -2.34. The van der Waals surface area contributed by atoms with E-state index in [4.69, 9.17) is 32.5 Å². The van der Waals surface area contributed by atoms with Crippen LogP contribution >= 0.6 is 23.2 Å². The number of carbonyl (C=O) groups excluding carboxylic acids is 1. The van der Waals surface area contributed by atoms with Gasteiger partial charge in [0.15, 0.2) is 12.4 Å². The van der Waals surface area contributed by atoms with E-state index in [-0.39, 0.29) is 18.6 Å². The van der Waals surface area contributed by atoms with Crippen LogP contribution in [0.15, 0.2) is 22.7 Å². The summed E-state index contributed by atoms with van der Waals surface area (Å²) in [4.78, 5) is 18.8. The van der Waals surface area contributed by atoms with Crippen LogP contribution in [0.5, 0.6) is 5.75 Å². The first-order chi connectivity index (χ1) is 12.1. The minimum atomic E-state index is -0.170. The van der Waals surface area contributed by atoms with E-state index < -0.39 is 0 Å². The molecule has 2 fully saturated rings. The Hall–Kier alpha value is -1.79. The second-order valence-electron chi connectivity index (χ2n) is 6.37. The monoisotopic (exact) mass is 381 g/mol. The molecule has 1 saturated heterocycles. The molecule has 1 aromatic carbocycles. The highest BCUT2D eigenvalue weighted by Gasteiger charge is 2.36. The molecule has 1 unspecified atom stereocenters. The number of likely N-dealkylation sites (tertiary alicyclic amines) is 1. The van der Waals surface area contributed by atoms with Gasteiger partial charge >= 0.3 is 0 Å². The topological polar surface area (TPSA) is 68.5 Å². The molecule has 2 aromatic rings. The molecule has 1 aromatic heterocycles. The van der Waals surface area contributed by atoms with Gasteiger partial charge < -0.3 is 14.2 Å². The van der Waals surface area contributed by atoms with Gasteiger partial charge in [-0.3, -0.25) is 4.79 Å². The van der Waals surface area contributed by atoms with Crippen molar-refractivity contribution in [3.8, 4) is 5.75 Å². The van der Waals surface area contributed by atoms with Gasteiger partial charge in [0.2, 0.25) is 5.89 Å². The Bertz CT molecular complexity index is 791. The van der Waals surface area contributed by atoms with Crippen LogP contribution in [0.2, 0.25) is 10.0 Å². The van der Waals surface area contributed by atoms with E-state index in [9.17, 15) is 4.79 Å². The van der Waals surface area contributed by atoms with Gasteiger partial charge in [-0.1, -0.05) is 28.4 Å². The van der Waals surface area contributed by atoms with E-state index in [2.05, 4.69) is 10.1 Å². The zero-order valence-corrected chi connectivity index (χ0v) is 15.0. The SMILES string of the molecule is O=C(COc1ccc(Cl)cc1Cl)N1CCCC1c1nc(C2CC2)no1. The summed E-state index contributed by atoms with van der Waals surface area (Å²) in [6.45, 7) is 0.559. The van der Waals surface area contributed by atoms with Crippen molar-refractivity contribution in [2.24, 2.45) is 0 Å². The highest BCUT2D eigenvalue weighted by molar-refractivity contribution is 6.35. The molecule has 0 spiro atoms. The normalized spacial score (nSPS) is 20.1. The average Bonchev–Trinajstić information content (AvgIpc) is 3.12.